The van der Waals surface area contributed by atoms with Crippen LogP contribution in [0, 0.1) is 6.92 Å². The number of aromatic carboxylic acids is 1. The molecule has 5 nitrogen and oxygen atoms in total. The first-order valence-corrected chi connectivity index (χ1v) is 6.62. The topological polar surface area (TPSA) is 73.7 Å². The number of hydrogen-bond acceptors (Lipinski definition) is 4. The molecule has 0 aliphatic heterocycles. The molecule has 110 valence electrons. The van der Waals surface area contributed by atoms with Crippen LogP contribution in [0.3, 0.4) is 0 Å². The molecule has 2 N–H and O–H groups in total. The van der Waals surface area contributed by atoms with Crippen molar-refractivity contribution < 1.29 is 15.0 Å². The first-order chi connectivity index (χ1) is 9.95. The Bertz CT molecular complexity index is 638. The molecule has 21 heavy (non-hydrogen) atoms. The Labute approximate surface area is 123 Å². The third-order valence-electron chi connectivity index (χ3n) is 3.16. The van der Waals surface area contributed by atoms with Crippen molar-refractivity contribution in [2.75, 3.05) is 7.05 Å². The minimum absolute atomic E-state index is 0.189. The van der Waals surface area contributed by atoms with E-state index in [1.54, 1.807) is 36.4 Å². The average molecular weight is 286 g/mol. The molecule has 0 radical (unpaired) electrons. The number of carboxylic acids is 1. The van der Waals surface area contributed by atoms with Gasteiger partial charge >= 0.3 is 5.97 Å². The van der Waals surface area contributed by atoms with Gasteiger partial charge in [-0.25, -0.2) is 4.79 Å². The van der Waals surface area contributed by atoms with Crippen molar-refractivity contribution in [2.24, 2.45) is 0 Å². The van der Waals surface area contributed by atoms with E-state index in [1.807, 2.05) is 18.9 Å². The molecule has 1 heterocycles. The number of nitrogens with zero attached hydrogens (tertiary/aromatic N) is 2. The Morgan fingerprint density at radius 3 is 2.43 bits per heavy atom. The highest BCUT2D eigenvalue weighted by atomic mass is 16.4. The molecule has 0 aliphatic carbocycles. The Hall–Kier alpha value is -2.40. The lowest BCUT2D eigenvalue weighted by Crippen LogP contribution is -2.18. The van der Waals surface area contributed by atoms with Crippen molar-refractivity contribution in [3.8, 4) is 5.75 Å². The van der Waals surface area contributed by atoms with Crippen molar-refractivity contribution >= 4 is 5.97 Å². The Morgan fingerprint density at radius 2 is 1.81 bits per heavy atom. The van der Waals surface area contributed by atoms with Gasteiger partial charge in [0.05, 0.1) is 11.3 Å². The van der Waals surface area contributed by atoms with Crippen LogP contribution >= 0.6 is 0 Å². The molecule has 5 heteroatoms. The zero-order valence-corrected chi connectivity index (χ0v) is 12.1. The maximum atomic E-state index is 10.8. The fourth-order valence-corrected chi connectivity index (χ4v) is 2.10. The average Bonchev–Trinajstić information content (AvgIpc) is 2.43. The molecular formula is C16H18N2O3. The predicted octanol–water partition coefficient (Wildman–Crippen LogP) is 2.43. The molecule has 0 atom stereocenters. The fourth-order valence-electron chi connectivity index (χ4n) is 2.10. The molecule has 0 unspecified atom stereocenters. The number of benzene rings is 1. The summed E-state index contributed by atoms with van der Waals surface area (Å²) < 4.78 is 0. The number of pyridine rings is 1. The molecule has 0 amide bonds. The van der Waals surface area contributed by atoms with Crippen molar-refractivity contribution in [1.82, 2.24) is 9.88 Å². The maximum Gasteiger partial charge on any atom is 0.335 e. The quantitative estimate of drug-likeness (QED) is 0.883. The van der Waals surface area contributed by atoms with Crippen LogP contribution in [0.15, 0.2) is 36.4 Å². The molecule has 1 aromatic heterocycles. The second-order valence-electron chi connectivity index (χ2n) is 5.09. The van der Waals surface area contributed by atoms with Gasteiger partial charge in [0.2, 0.25) is 0 Å². The third-order valence-corrected chi connectivity index (χ3v) is 3.16. The first-order valence-electron chi connectivity index (χ1n) is 6.62. The molecule has 0 saturated heterocycles. The molecule has 0 fully saturated rings. The summed E-state index contributed by atoms with van der Waals surface area (Å²) in [7, 11) is 1.93. The van der Waals surface area contributed by atoms with E-state index in [0.717, 1.165) is 11.3 Å². The van der Waals surface area contributed by atoms with Gasteiger partial charge in [-0.05, 0) is 43.8 Å². The van der Waals surface area contributed by atoms with Gasteiger partial charge in [-0.2, -0.15) is 0 Å². The summed E-state index contributed by atoms with van der Waals surface area (Å²) in [6.07, 6.45) is 0. The maximum absolute atomic E-state index is 10.8. The number of aryl methyl sites for hydroxylation is 1. The van der Waals surface area contributed by atoms with Crippen molar-refractivity contribution in [3.05, 3.63) is 58.9 Å². The van der Waals surface area contributed by atoms with Gasteiger partial charge in [0.1, 0.15) is 5.75 Å². The minimum atomic E-state index is -0.927. The van der Waals surface area contributed by atoms with E-state index in [1.165, 1.54) is 0 Å². The van der Waals surface area contributed by atoms with E-state index >= 15 is 0 Å². The van der Waals surface area contributed by atoms with Gasteiger partial charge in [0.15, 0.2) is 0 Å². The van der Waals surface area contributed by atoms with Crippen molar-refractivity contribution in [1.29, 1.82) is 0 Å². The second kappa shape index (κ2) is 6.37. The Morgan fingerprint density at radius 1 is 1.14 bits per heavy atom. The number of aromatic nitrogens is 1. The van der Waals surface area contributed by atoms with Crippen molar-refractivity contribution in [3.63, 3.8) is 0 Å². The zero-order valence-electron chi connectivity index (χ0n) is 12.1. The zero-order chi connectivity index (χ0) is 15.4. The van der Waals surface area contributed by atoms with Crippen LogP contribution in [0.5, 0.6) is 5.75 Å². The van der Waals surface area contributed by atoms with Crippen LogP contribution in [0.2, 0.25) is 0 Å². The fraction of sp³-hybridized carbons (Fsp3) is 0.250. The Kier molecular flexibility index (Phi) is 4.55. The van der Waals surface area contributed by atoms with E-state index in [0.29, 0.717) is 18.8 Å². The van der Waals surface area contributed by atoms with Crippen molar-refractivity contribution in [2.45, 2.75) is 20.0 Å². The summed E-state index contributed by atoms with van der Waals surface area (Å²) in [6.45, 7) is 3.05. The lowest BCUT2D eigenvalue weighted by Gasteiger charge is -2.17. The summed E-state index contributed by atoms with van der Waals surface area (Å²) in [5, 5.41) is 18.7. The van der Waals surface area contributed by atoms with E-state index in [4.69, 9.17) is 5.11 Å². The van der Waals surface area contributed by atoms with Gasteiger partial charge in [-0.15, -0.1) is 0 Å². The summed E-state index contributed by atoms with van der Waals surface area (Å²) >= 11 is 0. The highest BCUT2D eigenvalue weighted by Crippen LogP contribution is 2.17. The van der Waals surface area contributed by atoms with E-state index in [-0.39, 0.29) is 11.3 Å². The summed E-state index contributed by atoms with van der Waals surface area (Å²) in [4.78, 5) is 17.1. The minimum Gasteiger partial charge on any atom is -0.506 e. The smallest absolute Gasteiger partial charge is 0.335 e. The number of rotatable bonds is 5. The van der Waals surface area contributed by atoms with Crippen LogP contribution in [0.4, 0.5) is 0 Å². The molecule has 0 saturated carbocycles. The van der Waals surface area contributed by atoms with Gasteiger partial charge in [-0.1, -0.05) is 12.1 Å². The highest BCUT2D eigenvalue weighted by molar-refractivity contribution is 5.87. The first kappa shape index (κ1) is 15.0. The number of carbonyl (C=O) groups is 1. The molecule has 2 aromatic rings. The van der Waals surface area contributed by atoms with E-state index < -0.39 is 5.97 Å². The Balaban J connectivity index is 2.02. The van der Waals surface area contributed by atoms with Gasteiger partial charge in [0, 0.05) is 18.8 Å². The van der Waals surface area contributed by atoms with Crippen LogP contribution < -0.4 is 0 Å². The number of carboxylic acid groups (broad SMARTS) is 1. The lowest BCUT2D eigenvalue weighted by atomic mass is 10.1. The standard InChI is InChI=1S/C16H18N2O3/c1-11-3-8-15(19)14(17-11)10-18(2)9-12-4-6-13(7-5-12)16(20)21/h3-8,19H,9-10H2,1-2H3,(H,20,21). The second-order valence-corrected chi connectivity index (χ2v) is 5.09. The molecule has 1 aromatic carbocycles. The molecule has 0 spiro atoms. The molecule has 0 bridgehead atoms. The summed E-state index contributed by atoms with van der Waals surface area (Å²) in [6, 6.07) is 10.2. The van der Waals surface area contributed by atoms with Crippen LogP contribution in [-0.4, -0.2) is 33.1 Å². The van der Waals surface area contributed by atoms with Crippen LogP contribution in [0.25, 0.3) is 0 Å². The number of aromatic hydroxyl groups is 1. The predicted molar refractivity (Wildman–Crippen MR) is 79.2 cm³/mol. The summed E-state index contributed by atoms with van der Waals surface area (Å²) in [5.41, 5.74) is 2.79. The third kappa shape index (κ3) is 4.03. The summed E-state index contributed by atoms with van der Waals surface area (Å²) in [5.74, 6) is -0.738. The van der Waals surface area contributed by atoms with Gasteiger partial charge in [-0.3, -0.25) is 9.88 Å². The number of hydrogen-bond donors (Lipinski definition) is 2. The molecule has 0 aliphatic rings. The van der Waals surface area contributed by atoms with Gasteiger partial charge in [0.25, 0.3) is 0 Å². The lowest BCUT2D eigenvalue weighted by molar-refractivity contribution is 0.0697. The largest absolute Gasteiger partial charge is 0.506 e. The van der Waals surface area contributed by atoms with Gasteiger partial charge < -0.3 is 10.2 Å². The normalized spacial score (nSPS) is 10.8. The molecular weight excluding hydrogens is 268 g/mol. The van der Waals surface area contributed by atoms with E-state index in [2.05, 4.69) is 4.98 Å². The molecule has 2 rings (SSSR count). The van der Waals surface area contributed by atoms with E-state index in [9.17, 15) is 9.90 Å². The SMILES string of the molecule is Cc1ccc(O)c(CN(C)Cc2ccc(C(=O)O)cc2)n1. The van der Waals surface area contributed by atoms with Crippen LogP contribution in [0.1, 0.15) is 27.3 Å². The monoisotopic (exact) mass is 286 g/mol. The highest BCUT2D eigenvalue weighted by Gasteiger charge is 2.08. The van der Waals surface area contributed by atoms with Crippen LogP contribution in [-0.2, 0) is 13.1 Å².